The van der Waals surface area contributed by atoms with Gasteiger partial charge in [0.05, 0.1) is 7.11 Å². The molecular formula is C32H54N2O4. The van der Waals surface area contributed by atoms with E-state index in [9.17, 15) is 14.4 Å². The van der Waals surface area contributed by atoms with Crippen LogP contribution in [0.4, 0.5) is 0 Å². The SMILES string of the molecule is CCCCCCCCCCCC(=O)N[C@@H](C(=O)NCCCCCCCCCCC(=O)OC)c1ccccc1. The fourth-order valence-electron chi connectivity index (χ4n) is 4.65. The summed E-state index contributed by atoms with van der Waals surface area (Å²) in [4.78, 5) is 36.7. The number of carbonyl (C=O) groups is 3. The molecule has 0 radical (unpaired) electrons. The monoisotopic (exact) mass is 530 g/mol. The molecule has 0 aliphatic carbocycles. The minimum atomic E-state index is -0.646. The van der Waals surface area contributed by atoms with E-state index in [0.29, 0.717) is 19.4 Å². The lowest BCUT2D eigenvalue weighted by atomic mass is 10.0. The number of benzene rings is 1. The predicted molar refractivity (Wildman–Crippen MR) is 156 cm³/mol. The van der Waals surface area contributed by atoms with Gasteiger partial charge in [0.1, 0.15) is 6.04 Å². The third-order valence-corrected chi connectivity index (χ3v) is 7.04. The number of carbonyl (C=O) groups excluding carboxylic acids is 3. The molecule has 1 aromatic carbocycles. The molecule has 0 unspecified atom stereocenters. The topological polar surface area (TPSA) is 84.5 Å². The Hall–Kier alpha value is -2.37. The van der Waals surface area contributed by atoms with Crippen LogP contribution >= 0.6 is 0 Å². The first kappa shape index (κ1) is 33.7. The lowest BCUT2D eigenvalue weighted by Gasteiger charge is -2.19. The van der Waals surface area contributed by atoms with E-state index in [1.807, 2.05) is 30.3 Å². The van der Waals surface area contributed by atoms with Crippen molar-refractivity contribution >= 4 is 17.8 Å². The lowest BCUT2D eigenvalue weighted by molar-refractivity contribution is -0.140. The fraction of sp³-hybridized carbons (Fsp3) is 0.719. The molecule has 6 heteroatoms. The van der Waals surface area contributed by atoms with Crippen molar-refractivity contribution in [2.75, 3.05) is 13.7 Å². The predicted octanol–water partition coefficient (Wildman–Crippen LogP) is 7.56. The van der Waals surface area contributed by atoms with E-state index in [1.165, 1.54) is 64.9 Å². The zero-order valence-corrected chi connectivity index (χ0v) is 24.2. The zero-order chi connectivity index (χ0) is 27.7. The summed E-state index contributed by atoms with van der Waals surface area (Å²) in [7, 11) is 1.43. The Morgan fingerprint density at radius 3 is 1.74 bits per heavy atom. The van der Waals surface area contributed by atoms with Crippen molar-refractivity contribution in [3.05, 3.63) is 35.9 Å². The van der Waals surface area contributed by atoms with Crippen LogP contribution in [0.25, 0.3) is 0 Å². The standard InChI is InChI=1S/C32H54N2O4/c1-3-4-5-6-7-8-11-14-20-25-29(35)34-31(28-23-18-17-19-24-28)32(37)33-27-22-16-13-10-9-12-15-21-26-30(36)38-2/h17-19,23-24,31H,3-16,20-22,25-27H2,1-2H3,(H,33,37)(H,34,35)/t31-/m1/s1. The molecule has 216 valence electrons. The van der Waals surface area contributed by atoms with Crippen molar-refractivity contribution in [1.29, 1.82) is 0 Å². The van der Waals surface area contributed by atoms with E-state index in [0.717, 1.165) is 56.9 Å². The van der Waals surface area contributed by atoms with Gasteiger partial charge in [-0.25, -0.2) is 0 Å². The molecule has 0 heterocycles. The maximum Gasteiger partial charge on any atom is 0.305 e. The first-order valence-electron chi connectivity index (χ1n) is 15.3. The minimum Gasteiger partial charge on any atom is -0.469 e. The van der Waals surface area contributed by atoms with Crippen LogP contribution in [0, 0.1) is 0 Å². The summed E-state index contributed by atoms with van der Waals surface area (Å²) >= 11 is 0. The Labute approximate surface area is 232 Å². The van der Waals surface area contributed by atoms with Crippen LogP contribution in [0.15, 0.2) is 30.3 Å². The molecule has 0 aromatic heterocycles. The first-order chi connectivity index (χ1) is 18.6. The number of unbranched alkanes of at least 4 members (excludes halogenated alkanes) is 15. The van der Waals surface area contributed by atoms with E-state index in [1.54, 1.807) is 0 Å². The number of nitrogens with one attached hydrogen (secondary N) is 2. The van der Waals surface area contributed by atoms with Gasteiger partial charge >= 0.3 is 5.97 Å². The second kappa shape index (κ2) is 23.7. The van der Waals surface area contributed by atoms with Gasteiger partial charge in [-0.05, 0) is 24.8 Å². The Bertz CT molecular complexity index is 738. The number of ether oxygens (including phenoxy) is 1. The second-order valence-electron chi connectivity index (χ2n) is 10.4. The third-order valence-electron chi connectivity index (χ3n) is 7.04. The van der Waals surface area contributed by atoms with Crippen LogP contribution in [0.3, 0.4) is 0 Å². The van der Waals surface area contributed by atoms with Gasteiger partial charge in [0.15, 0.2) is 0 Å². The summed E-state index contributed by atoms with van der Waals surface area (Å²) in [6, 6.07) is 8.87. The Kier molecular flexibility index (Phi) is 21.0. The highest BCUT2D eigenvalue weighted by Crippen LogP contribution is 2.15. The maximum absolute atomic E-state index is 12.9. The third kappa shape index (κ3) is 18.0. The van der Waals surface area contributed by atoms with Gasteiger partial charge in [-0.1, -0.05) is 127 Å². The van der Waals surface area contributed by atoms with Gasteiger partial charge in [0.2, 0.25) is 11.8 Å². The summed E-state index contributed by atoms with van der Waals surface area (Å²) in [6.45, 7) is 2.86. The molecule has 2 N–H and O–H groups in total. The normalized spacial score (nSPS) is 11.6. The highest BCUT2D eigenvalue weighted by atomic mass is 16.5. The molecule has 2 amide bonds. The van der Waals surface area contributed by atoms with Gasteiger partial charge in [-0.3, -0.25) is 14.4 Å². The van der Waals surface area contributed by atoms with Crippen molar-refractivity contribution in [2.24, 2.45) is 0 Å². The smallest absolute Gasteiger partial charge is 0.305 e. The average Bonchev–Trinajstić information content (AvgIpc) is 2.93. The molecular weight excluding hydrogens is 476 g/mol. The van der Waals surface area contributed by atoms with Crippen LogP contribution in [0.2, 0.25) is 0 Å². The van der Waals surface area contributed by atoms with Crippen LogP contribution in [-0.2, 0) is 19.1 Å². The van der Waals surface area contributed by atoms with Gasteiger partial charge in [0.25, 0.3) is 0 Å². The lowest BCUT2D eigenvalue weighted by Crippen LogP contribution is -2.40. The highest BCUT2D eigenvalue weighted by Gasteiger charge is 2.22. The average molecular weight is 531 g/mol. The Balaban J connectivity index is 2.22. The summed E-state index contributed by atoms with van der Waals surface area (Å²) < 4.78 is 4.66. The Morgan fingerprint density at radius 1 is 0.684 bits per heavy atom. The largest absolute Gasteiger partial charge is 0.469 e. The van der Waals surface area contributed by atoms with Crippen LogP contribution < -0.4 is 10.6 Å². The fourth-order valence-corrected chi connectivity index (χ4v) is 4.65. The Morgan fingerprint density at radius 2 is 1.18 bits per heavy atom. The summed E-state index contributed by atoms with van der Waals surface area (Å²) in [5.41, 5.74) is 0.817. The number of esters is 1. The van der Waals surface area contributed by atoms with Gasteiger partial charge in [-0.15, -0.1) is 0 Å². The van der Waals surface area contributed by atoms with Crippen molar-refractivity contribution < 1.29 is 19.1 Å². The van der Waals surface area contributed by atoms with Gasteiger partial charge < -0.3 is 15.4 Å². The number of hydrogen-bond acceptors (Lipinski definition) is 4. The molecule has 1 rings (SSSR count). The van der Waals surface area contributed by atoms with Crippen LogP contribution in [0.5, 0.6) is 0 Å². The molecule has 0 spiro atoms. The number of methoxy groups -OCH3 is 1. The zero-order valence-electron chi connectivity index (χ0n) is 24.2. The molecule has 0 aliphatic rings. The van der Waals surface area contributed by atoms with E-state index in [4.69, 9.17) is 0 Å². The molecule has 0 aliphatic heterocycles. The summed E-state index contributed by atoms with van der Waals surface area (Å²) in [6.07, 6.45) is 20.5. The van der Waals surface area contributed by atoms with E-state index in [-0.39, 0.29) is 17.8 Å². The molecule has 38 heavy (non-hydrogen) atoms. The highest BCUT2D eigenvalue weighted by molar-refractivity contribution is 5.88. The molecule has 6 nitrogen and oxygen atoms in total. The van der Waals surface area contributed by atoms with E-state index < -0.39 is 6.04 Å². The van der Waals surface area contributed by atoms with Gasteiger partial charge in [-0.2, -0.15) is 0 Å². The number of amides is 2. The summed E-state index contributed by atoms with van der Waals surface area (Å²) in [5.74, 6) is -0.314. The second-order valence-corrected chi connectivity index (χ2v) is 10.4. The van der Waals surface area contributed by atoms with Gasteiger partial charge in [0, 0.05) is 19.4 Å². The van der Waals surface area contributed by atoms with Crippen molar-refractivity contribution in [1.82, 2.24) is 10.6 Å². The quantitative estimate of drug-likeness (QED) is 0.107. The van der Waals surface area contributed by atoms with E-state index >= 15 is 0 Å². The van der Waals surface area contributed by atoms with Crippen molar-refractivity contribution in [3.63, 3.8) is 0 Å². The minimum absolute atomic E-state index is 0.0523. The van der Waals surface area contributed by atoms with Crippen LogP contribution in [0.1, 0.15) is 141 Å². The molecule has 0 saturated carbocycles. The molecule has 1 atom stereocenters. The van der Waals surface area contributed by atoms with Crippen molar-refractivity contribution in [2.45, 2.75) is 135 Å². The molecule has 0 bridgehead atoms. The number of rotatable bonds is 24. The maximum atomic E-state index is 12.9. The first-order valence-corrected chi connectivity index (χ1v) is 15.3. The molecule has 1 aromatic rings. The summed E-state index contributed by atoms with van der Waals surface area (Å²) in [5, 5.41) is 6.00. The van der Waals surface area contributed by atoms with Crippen molar-refractivity contribution in [3.8, 4) is 0 Å². The van der Waals surface area contributed by atoms with Crippen LogP contribution in [-0.4, -0.2) is 31.4 Å². The molecule has 0 saturated heterocycles. The molecule has 0 fully saturated rings. The number of hydrogen-bond donors (Lipinski definition) is 2. The van der Waals surface area contributed by atoms with E-state index in [2.05, 4.69) is 22.3 Å².